The first kappa shape index (κ1) is 28.9. The van der Waals surface area contributed by atoms with Crippen molar-refractivity contribution in [2.24, 2.45) is 5.73 Å². The van der Waals surface area contributed by atoms with E-state index < -0.39 is 35.2 Å². The summed E-state index contributed by atoms with van der Waals surface area (Å²) in [5, 5.41) is 0. The number of ketones is 2. The molecule has 0 radical (unpaired) electrons. The van der Waals surface area contributed by atoms with Gasteiger partial charge in [-0.15, -0.1) is 0 Å². The number of aryl methyl sites for hydroxylation is 2. The molecule has 42 heavy (non-hydrogen) atoms. The molecule has 0 saturated carbocycles. The summed E-state index contributed by atoms with van der Waals surface area (Å²) in [5.74, 6) is -4.63. The average Bonchev–Trinajstić information content (AvgIpc) is 3.23. The number of hydrogen-bond donors (Lipinski definition) is 1. The number of hydrogen-bond acceptors (Lipinski definition) is 4. The summed E-state index contributed by atoms with van der Waals surface area (Å²) in [6.45, 7) is 3.91. The molecular weight excluding hydrogens is 541 g/mol. The summed E-state index contributed by atoms with van der Waals surface area (Å²) < 4.78 is 42.5. The second kappa shape index (κ2) is 11.7. The number of amides is 1. The first-order valence-corrected chi connectivity index (χ1v) is 13.6. The van der Waals surface area contributed by atoms with E-state index in [-0.39, 0.29) is 42.8 Å². The summed E-state index contributed by atoms with van der Waals surface area (Å²) in [5.41, 5.74) is 10.6. The zero-order chi connectivity index (χ0) is 30.1. The Balaban J connectivity index is 1.52. The molecule has 0 spiro atoms. The van der Waals surface area contributed by atoms with Crippen molar-refractivity contribution in [3.05, 3.63) is 123 Å². The van der Waals surface area contributed by atoms with Gasteiger partial charge in [0.05, 0.1) is 17.2 Å². The maximum absolute atomic E-state index is 14.3. The number of halogens is 3. The van der Waals surface area contributed by atoms with Gasteiger partial charge in [0, 0.05) is 43.0 Å². The van der Waals surface area contributed by atoms with E-state index in [1.54, 1.807) is 12.1 Å². The van der Waals surface area contributed by atoms with E-state index in [0.29, 0.717) is 22.4 Å². The van der Waals surface area contributed by atoms with Crippen molar-refractivity contribution >= 4 is 17.5 Å². The van der Waals surface area contributed by atoms with Crippen molar-refractivity contribution in [2.45, 2.75) is 51.4 Å². The molecule has 3 aromatic carbocycles. The lowest BCUT2D eigenvalue weighted by Crippen LogP contribution is -2.17. The fraction of sp³-hybridized carbons (Fsp3) is 0.235. The van der Waals surface area contributed by atoms with Crippen molar-refractivity contribution in [3.63, 3.8) is 0 Å². The van der Waals surface area contributed by atoms with Crippen molar-refractivity contribution in [1.29, 1.82) is 0 Å². The number of nitrogens with zero attached hydrogens (tertiary/aromatic N) is 1. The van der Waals surface area contributed by atoms with Gasteiger partial charge < -0.3 is 5.73 Å². The second-order valence-electron chi connectivity index (χ2n) is 11.0. The fourth-order valence-electron chi connectivity index (χ4n) is 6.01. The summed E-state index contributed by atoms with van der Waals surface area (Å²) in [6, 6.07) is 14.4. The SMILES string of the molecule is Cc1cc(C)c2c(c1)C(CC(=O)C[C@@H](Cc1cc(F)cc(F)c1)c1ncccc1-c1ccc(F)c(C(N)=O)c1)C(=O)C2. The van der Waals surface area contributed by atoms with Crippen LogP contribution in [-0.2, 0) is 22.4 Å². The lowest BCUT2D eigenvalue weighted by Gasteiger charge is -2.21. The number of Topliss-reactive ketones (excluding diaryl/α,β-unsaturated/α-hetero) is 2. The molecule has 0 fully saturated rings. The first-order chi connectivity index (χ1) is 20.0. The third kappa shape index (κ3) is 6.03. The number of rotatable bonds is 9. The number of carbonyl (C=O) groups is 3. The van der Waals surface area contributed by atoms with Crippen LogP contribution in [0.3, 0.4) is 0 Å². The van der Waals surface area contributed by atoms with Gasteiger partial charge in [-0.3, -0.25) is 19.4 Å². The maximum atomic E-state index is 14.3. The molecular formula is C34H29F3N2O3. The molecule has 1 aliphatic carbocycles. The molecule has 0 aliphatic heterocycles. The molecule has 1 amide bonds. The topological polar surface area (TPSA) is 90.1 Å². The van der Waals surface area contributed by atoms with E-state index in [4.69, 9.17) is 5.73 Å². The number of benzene rings is 3. The van der Waals surface area contributed by atoms with Crippen LogP contribution in [0.2, 0.25) is 0 Å². The quantitative estimate of drug-likeness (QED) is 0.250. The van der Waals surface area contributed by atoms with Crippen LogP contribution in [0.1, 0.15) is 68.5 Å². The molecule has 2 atom stereocenters. The summed E-state index contributed by atoms with van der Waals surface area (Å²) >= 11 is 0. The molecule has 1 unspecified atom stereocenters. The number of nitrogens with two attached hydrogens (primary N) is 1. The van der Waals surface area contributed by atoms with Crippen LogP contribution in [0.15, 0.2) is 66.9 Å². The van der Waals surface area contributed by atoms with Gasteiger partial charge in [-0.25, -0.2) is 13.2 Å². The Hall–Kier alpha value is -4.59. The Bertz CT molecular complexity index is 1710. The highest BCUT2D eigenvalue weighted by Crippen LogP contribution is 2.38. The van der Waals surface area contributed by atoms with Crippen molar-refractivity contribution in [3.8, 4) is 11.1 Å². The van der Waals surface area contributed by atoms with Crippen LogP contribution in [0.5, 0.6) is 0 Å². The number of carbonyl (C=O) groups excluding carboxylic acids is 3. The highest BCUT2D eigenvalue weighted by atomic mass is 19.1. The molecule has 2 N–H and O–H groups in total. The van der Waals surface area contributed by atoms with Crippen LogP contribution in [0, 0.1) is 31.3 Å². The summed E-state index contributed by atoms with van der Waals surface area (Å²) in [6.07, 6.45) is 1.82. The Kier molecular flexibility index (Phi) is 8.07. The lowest BCUT2D eigenvalue weighted by molar-refractivity contribution is -0.124. The van der Waals surface area contributed by atoms with Gasteiger partial charge >= 0.3 is 0 Å². The van der Waals surface area contributed by atoms with Crippen LogP contribution in [-0.4, -0.2) is 22.5 Å². The molecule has 5 nitrogen and oxygen atoms in total. The number of fused-ring (bicyclic) bond motifs is 1. The normalized spacial score (nSPS) is 15.0. The van der Waals surface area contributed by atoms with Gasteiger partial charge in [0.15, 0.2) is 0 Å². The van der Waals surface area contributed by atoms with Gasteiger partial charge in [-0.05, 0) is 78.4 Å². The van der Waals surface area contributed by atoms with E-state index in [1.165, 1.54) is 30.5 Å². The monoisotopic (exact) mass is 570 g/mol. The molecule has 0 bridgehead atoms. The molecule has 8 heteroatoms. The van der Waals surface area contributed by atoms with Gasteiger partial charge in [-0.2, -0.15) is 0 Å². The van der Waals surface area contributed by atoms with Crippen LogP contribution in [0.25, 0.3) is 11.1 Å². The van der Waals surface area contributed by atoms with Gasteiger partial charge in [-0.1, -0.05) is 29.8 Å². The molecule has 214 valence electrons. The van der Waals surface area contributed by atoms with Gasteiger partial charge in [0.2, 0.25) is 0 Å². The predicted octanol–water partition coefficient (Wildman–Crippen LogP) is 6.47. The highest BCUT2D eigenvalue weighted by Gasteiger charge is 2.34. The fourth-order valence-corrected chi connectivity index (χ4v) is 6.01. The van der Waals surface area contributed by atoms with E-state index in [9.17, 15) is 27.6 Å². The Morgan fingerprint density at radius 2 is 1.74 bits per heavy atom. The Morgan fingerprint density at radius 3 is 2.45 bits per heavy atom. The van der Waals surface area contributed by atoms with Gasteiger partial charge in [0.1, 0.15) is 29.0 Å². The standard InChI is InChI=1S/C34H29F3N2O3/c1-18-8-19(2)27-17-32(41)29(28(27)9-18)16-25(40)13-22(10-20-11-23(35)15-24(36)12-20)33-26(4-3-7-39-33)21-5-6-31(37)30(14-21)34(38)42/h3-9,11-12,14-15,22,29H,10,13,16-17H2,1-2H3,(H2,38,42)/t22-,29?/m1/s1. The Morgan fingerprint density at radius 1 is 1.00 bits per heavy atom. The van der Waals surface area contributed by atoms with Crippen molar-refractivity contribution < 1.29 is 27.6 Å². The van der Waals surface area contributed by atoms with Crippen LogP contribution < -0.4 is 5.73 Å². The lowest BCUT2D eigenvalue weighted by atomic mass is 9.84. The van der Waals surface area contributed by atoms with E-state index in [1.807, 2.05) is 26.0 Å². The van der Waals surface area contributed by atoms with Crippen molar-refractivity contribution in [2.75, 3.05) is 0 Å². The molecule has 1 aromatic heterocycles. The van der Waals surface area contributed by atoms with E-state index >= 15 is 0 Å². The first-order valence-electron chi connectivity index (χ1n) is 13.6. The maximum Gasteiger partial charge on any atom is 0.251 e. The zero-order valence-electron chi connectivity index (χ0n) is 23.2. The third-order valence-corrected chi connectivity index (χ3v) is 7.85. The minimum Gasteiger partial charge on any atom is -0.366 e. The number of aromatic nitrogens is 1. The molecule has 1 heterocycles. The third-order valence-electron chi connectivity index (χ3n) is 7.85. The van der Waals surface area contributed by atoms with E-state index in [0.717, 1.165) is 34.4 Å². The Labute approximate surface area is 241 Å². The van der Waals surface area contributed by atoms with Crippen LogP contribution in [0.4, 0.5) is 13.2 Å². The second-order valence-corrected chi connectivity index (χ2v) is 11.0. The van der Waals surface area contributed by atoms with Crippen LogP contribution >= 0.6 is 0 Å². The summed E-state index contributed by atoms with van der Waals surface area (Å²) in [4.78, 5) is 43.0. The average molecular weight is 571 g/mol. The largest absolute Gasteiger partial charge is 0.366 e. The molecule has 4 aromatic rings. The molecule has 0 saturated heterocycles. The van der Waals surface area contributed by atoms with Gasteiger partial charge in [0.25, 0.3) is 5.91 Å². The molecule has 1 aliphatic rings. The molecule has 5 rings (SSSR count). The highest BCUT2D eigenvalue weighted by molar-refractivity contribution is 5.97. The number of pyridine rings is 1. The predicted molar refractivity (Wildman–Crippen MR) is 153 cm³/mol. The zero-order valence-corrected chi connectivity index (χ0v) is 23.2. The number of primary amides is 1. The smallest absolute Gasteiger partial charge is 0.251 e. The van der Waals surface area contributed by atoms with E-state index in [2.05, 4.69) is 4.98 Å². The minimum absolute atomic E-state index is 0.00667. The summed E-state index contributed by atoms with van der Waals surface area (Å²) in [7, 11) is 0. The minimum atomic E-state index is -0.936. The van der Waals surface area contributed by atoms with Crippen molar-refractivity contribution in [1.82, 2.24) is 4.98 Å².